The molecule has 0 fully saturated rings. The quantitative estimate of drug-likeness (QED) is 0.724. The van der Waals surface area contributed by atoms with Crippen LogP contribution in [0.4, 0.5) is 9.18 Å². The van der Waals surface area contributed by atoms with Crippen molar-refractivity contribution < 1.29 is 18.7 Å². The summed E-state index contributed by atoms with van der Waals surface area (Å²) in [6, 6.07) is 2.90. The highest BCUT2D eigenvalue weighted by molar-refractivity contribution is 5.94. The number of nitrogens with one attached hydrogen (secondary N) is 1. The van der Waals surface area contributed by atoms with Crippen LogP contribution in [0.15, 0.2) is 18.2 Å². The lowest BCUT2D eigenvalue weighted by atomic mass is 10.1. The van der Waals surface area contributed by atoms with E-state index in [2.05, 4.69) is 0 Å². The van der Waals surface area contributed by atoms with Gasteiger partial charge in [0.25, 0.3) is 5.91 Å². The Balaban J connectivity index is 2.63. The summed E-state index contributed by atoms with van der Waals surface area (Å²) >= 11 is 0. The van der Waals surface area contributed by atoms with E-state index in [0.29, 0.717) is 5.56 Å². The third kappa shape index (κ3) is 4.02. The highest BCUT2D eigenvalue weighted by Crippen LogP contribution is 2.20. The number of benzene rings is 1. The summed E-state index contributed by atoms with van der Waals surface area (Å²) in [5.41, 5.74) is 10.9. The Morgan fingerprint density at radius 3 is 2.67 bits per heavy atom. The molecule has 0 aromatic heterocycles. The molecule has 98 valence electrons. The standard InChI is InChI=1S/C11H14FN3O3/c1-6(13)7-2-3-9(8(12)4-7)18-5-10(16)15-11(14)17/h2-4,6H,5,13H2,1H3,(H3,14,15,16,17). The monoisotopic (exact) mass is 255 g/mol. The van der Waals surface area contributed by atoms with Gasteiger partial charge in [-0.05, 0) is 24.6 Å². The third-order valence-corrected chi connectivity index (χ3v) is 2.10. The Morgan fingerprint density at radius 2 is 2.17 bits per heavy atom. The van der Waals surface area contributed by atoms with Crippen molar-refractivity contribution in [3.8, 4) is 5.75 Å². The van der Waals surface area contributed by atoms with Crippen molar-refractivity contribution >= 4 is 11.9 Å². The van der Waals surface area contributed by atoms with E-state index in [4.69, 9.17) is 16.2 Å². The molecule has 0 spiro atoms. The van der Waals surface area contributed by atoms with Crippen LogP contribution in [0.3, 0.4) is 0 Å². The lowest BCUT2D eigenvalue weighted by Crippen LogP contribution is -2.38. The number of carbonyl (C=O) groups is 2. The van der Waals surface area contributed by atoms with Crippen molar-refractivity contribution in [3.63, 3.8) is 0 Å². The number of nitrogens with two attached hydrogens (primary N) is 2. The Bertz CT molecular complexity index is 463. The summed E-state index contributed by atoms with van der Waals surface area (Å²) < 4.78 is 18.4. The number of imide groups is 1. The van der Waals surface area contributed by atoms with E-state index in [1.807, 2.05) is 0 Å². The van der Waals surface area contributed by atoms with Crippen LogP contribution < -0.4 is 21.5 Å². The molecule has 0 radical (unpaired) electrons. The zero-order valence-corrected chi connectivity index (χ0v) is 9.77. The summed E-state index contributed by atoms with van der Waals surface area (Å²) in [4.78, 5) is 21.4. The van der Waals surface area contributed by atoms with Gasteiger partial charge in [-0.15, -0.1) is 0 Å². The molecule has 1 aromatic rings. The van der Waals surface area contributed by atoms with E-state index in [0.717, 1.165) is 0 Å². The highest BCUT2D eigenvalue weighted by atomic mass is 19.1. The number of carbonyl (C=O) groups excluding carboxylic acids is 2. The molecular formula is C11H14FN3O3. The van der Waals surface area contributed by atoms with Crippen molar-refractivity contribution in [1.82, 2.24) is 5.32 Å². The molecule has 0 saturated carbocycles. The maximum atomic E-state index is 13.5. The van der Waals surface area contributed by atoms with Gasteiger partial charge in [-0.3, -0.25) is 10.1 Å². The molecule has 5 N–H and O–H groups in total. The molecule has 0 bridgehead atoms. The van der Waals surface area contributed by atoms with Crippen LogP contribution in [-0.2, 0) is 4.79 Å². The Hall–Kier alpha value is -2.15. The van der Waals surface area contributed by atoms with Gasteiger partial charge in [-0.2, -0.15) is 0 Å². The molecule has 1 rings (SSSR count). The topological polar surface area (TPSA) is 107 Å². The summed E-state index contributed by atoms with van der Waals surface area (Å²) in [6.45, 7) is 1.22. The third-order valence-electron chi connectivity index (χ3n) is 2.10. The Labute approximate surface area is 103 Å². The largest absolute Gasteiger partial charge is 0.481 e. The number of primary amides is 1. The number of hydrogen-bond acceptors (Lipinski definition) is 4. The van der Waals surface area contributed by atoms with E-state index in [1.54, 1.807) is 18.3 Å². The Kier molecular flexibility index (Phi) is 4.61. The molecule has 0 saturated heterocycles. The van der Waals surface area contributed by atoms with Crippen LogP contribution in [-0.4, -0.2) is 18.5 Å². The summed E-state index contributed by atoms with van der Waals surface area (Å²) in [6.07, 6.45) is 0. The second-order valence-electron chi connectivity index (χ2n) is 3.68. The molecule has 6 nitrogen and oxygen atoms in total. The summed E-state index contributed by atoms with van der Waals surface area (Å²) in [5.74, 6) is -1.48. The number of rotatable bonds is 4. The molecule has 1 aromatic carbocycles. The first kappa shape index (κ1) is 13.9. The van der Waals surface area contributed by atoms with Crippen LogP contribution in [0, 0.1) is 5.82 Å². The van der Waals surface area contributed by atoms with Gasteiger partial charge in [0.15, 0.2) is 18.2 Å². The first-order valence-electron chi connectivity index (χ1n) is 5.17. The maximum Gasteiger partial charge on any atom is 0.318 e. The van der Waals surface area contributed by atoms with Gasteiger partial charge in [0, 0.05) is 6.04 Å². The van der Waals surface area contributed by atoms with Crippen molar-refractivity contribution in [3.05, 3.63) is 29.6 Å². The van der Waals surface area contributed by atoms with Gasteiger partial charge in [0.1, 0.15) is 0 Å². The molecule has 0 heterocycles. The lowest BCUT2D eigenvalue weighted by Gasteiger charge is -2.09. The van der Waals surface area contributed by atoms with Crippen LogP contribution in [0.5, 0.6) is 5.75 Å². The Morgan fingerprint density at radius 1 is 1.50 bits per heavy atom. The number of amides is 3. The van der Waals surface area contributed by atoms with Crippen molar-refractivity contribution in [2.24, 2.45) is 11.5 Å². The second-order valence-corrected chi connectivity index (χ2v) is 3.68. The molecule has 0 aliphatic rings. The molecular weight excluding hydrogens is 241 g/mol. The van der Waals surface area contributed by atoms with Crippen molar-refractivity contribution in [2.75, 3.05) is 6.61 Å². The van der Waals surface area contributed by atoms with Crippen LogP contribution >= 0.6 is 0 Å². The SMILES string of the molecule is CC(N)c1ccc(OCC(=O)NC(N)=O)c(F)c1. The highest BCUT2D eigenvalue weighted by Gasteiger charge is 2.10. The van der Waals surface area contributed by atoms with Gasteiger partial charge in [-0.1, -0.05) is 6.07 Å². The molecule has 0 aliphatic heterocycles. The van der Waals surface area contributed by atoms with Crippen molar-refractivity contribution in [1.29, 1.82) is 0 Å². The minimum Gasteiger partial charge on any atom is -0.481 e. The zero-order chi connectivity index (χ0) is 13.7. The average Bonchev–Trinajstić information content (AvgIpc) is 2.26. The van der Waals surface area contributed by atoms with Gasteiger partial charge in [0.2, 0.25) is 0 Å². The minimum atomic E-state index is -0.989. The zero-order valence-electron chi connectivity index (χ0n) is 9.77. The van der Waals surface area contributed by atoms with Crippen LogP contribution in [0.1, 0.15) is 18.5 Å². The molecule has 18 heavy (non-hydrogen) atoms. The molecule has 1 unspecified atom stereocenters. The van der Waals surface area contributed by atoms with Gasteiger partial charge < -0.3 is 16.2 Å². The first-order chi connectivity index (χ1) is 8.40. The lowest BCUT2D eigenvalue weighted by molar-refractivity contribution is -0.121. The number of hydrogen-bond donors (Lipinski definition) is 3. The predicted octanol–water partition coefficient (Wildman–Crippen LogP) is 0.419. The van der Waals surface area contributed by atoms with Crippen molar-refractivity contribution in [2.45, 2.75) is 13.0 Å². The number of urea groups is 1. The van der Waals surface area contributed by atoms with Gasteiger partial charge >= 0.3 is 6.03 Å². The first-order valence-corrected chi connectivity index (χ1v) is 5.17. The van der Waals surface area contributed by atoms with Gasteiger partial charge in [0.05, 0.1) is 0 Å². The molecule has 0 aliphatic carbocycles. The molecule has 3 amide bonds. The van der Waals surface area contributed by atoms with E-state index in [9.17, 15) is 14.0 Å². The average molecular weight is 255 g/mol. The summed E-state index contributed by atoms with van der Waals surface area (Å²) in [5, 5.41) is 1.79. The fourth-order valence-electron chi connectivity index (χ4n) is 1.23. The molecule has 7 heteroatoms. The second kappa shape index (κ2) is 5.97. The van der Waals surface area contributed by atoms with E-state index in [-0.39, 0.29) is 11.8 Å². The minimum absolute atomic E-state index is 0.0981. The van der Waals surface area contributed by atoms with Gasteiger partial charge in [-0.25, -0.2) is 9.18 Å². The van der Waals surface area contributed by atoms with Crippen LogP contribution in [0.25, 0.3) is 0 Å². The van der Waals surface area contributed by atoms with E-state index in [1.165, 1.54) is 12.1 Å². The van der Waals surface area contributed by atoms with Crippen LogP contribution in [0.2, 0.25) is 0 Å². The molecule has 1 atom stereocenters. The summed E-state index contributed by atoms with van der Waals surface area (Å²) in [7, 11) is 0. The number of halogens is 1. The predicted molar refractivity (Wildman–Crippen MR) is 62.2 cm³/mol. The number of ether oxygens (including phenoxy) is 1. The van der Waals surface area contributed by atoms with E-state index < -0.39 is 24.4 Å². The fraction of sp³-hybridized carbons (Fsp3) is 0.273. The normalized spacial score (nSPS) is 11.7. The maximum absolute atomic E-state index is 13.5. The smallest absolute Gasteiger partial charge is 0.318 e. The fourth-order valence-corrected chi connectivity index (χ4v) is 1.23. The van der Waals surface area contributed by atoms with E-state index >= 15 is 0 Å².